The van der Waals surface area contributed by atoms with Crippen molar-refractivity contribution in [3.8, 4) is 0 Å². The number of thiazole rings is 1. The van der Waals surface area contributed by atoms with Crippen molar-refractivity contribution < 1.29 is 4.79 Å². The molecule has 0 aliphatic heterocycles. The Hall–Kier alpha value is -0.950. The molecule has 0 aliphatic carbocycles. The van der Waals surface area contributed by atoms with E-state index >= 15 is 0 Å². The van der Waals surface area contributed by atoms with Gasteiger partial charge in [-0.1, -0.05) is 28.1 Å². The average molecular weight is 405 g/mol. The number of aromatic nitrogens is 1. The summed E-state index contributed by atoms with van der Waals surface area (Å²) in [5, 5.41) is 3.47. The molecule has 0 aliphatic rings. The van der Waals surface area contributed by atoms with Crippen molar-refractivity contribution in [1.82, 2.24) is 4.98 Å². The molecular formula is C15H19BrClN3OS. The van der Waals surface area contributed by atoms with Crippen molar-refractivity contribution >= 4 is 50.7 Å². The molecule has 0 bridgehead atoms. The Morgan fingerprint density at radius 1 is 1.50 bits per heavy atom. The van der Waals surface area contributed by atoms with Gasteiger partial charge < -0.3 is 11.1 Å². The number of hydrogen-bond acceptors (Lipinski definition) is 4. The largest absolute Gasteiger partial charge is 0.328 e. The molecule has 1 atom stereocenters. The lowest BCUT2D eigenvalue weighted by atomic mass is 10.1. The lowest BCUT2D eigenvalue weighted by Gasteiger charge is -2.04. The van der Waals surface area contributed by atoms with Crippen molar-refractivity contribution in [2.24, 2.45) is 5.73 Å². The zero-order chi connectivity index (χ0) is 15.2. The van der Waals surface area contributed by atoms with Gasteiger partial charge in [-0.15, -0.1) is 23.7 Å². The van der Waals surface area contributed by atoms with Gasteiger partial charge in [0.05, 0.1) is 0 Å². The van der Waals surface area contributed by atoms with E-state index in [2.05, 4.69) is 38.4 Å². The lowest BCUT2D eigenvalue weighted by molar-refractivity contribution is -0.116. The maximum Gasteiger partial charge on any atom is 0.226 e. The molecule has 2 aromatic rings. The Morgan fingerprint density at radius 2 is 2.27 bits per heavy atom. The number of nitrogens with two attached hydrogens (primary N) is 1. The Labute approximate surface area is 149 Å². The smallest absolute Gasteiger partial charge is 0.226 e. The zero-order valence-corrected chi connectivity index (χ0v) is 15.4. The van der Waals surface area contributed by atoms with Crippen LogP contribution in [0.25, 0.3) is 0 Å². The molecule has 1 unspecified atom stereocenters. The summed E-state index contributed by atoms with van der Waals surface area (Å²) < 4.78 is 1.06. The predicted molar refractivity (Wildman–Crippen MR) is 97.8 cm³/mol. The first-order valence-electron chi connectivity index (χ1n) is 6.77. The third-order valence-corrected chi connectivity index (χ3v) is 4.30. The fraction of sp³-hybridized carbons (Fsp3) is 0.333. The van der Waals surface area contributed by atoms with Gasteiger partial charge in [-0.2, -0.15) is 0 Å². The van der Waals surface area contributed by atoms with E-state index in [1.807, 2.05) is 25.3 Å². The first-order valence-corrected chi connectivity index (χ1v) is 8.38. The van der Waals surface area contributed by atoms with Crippen LogP contribution < -0.4 is 11.1 Å². The number of rotatable bonds is 6. The summed E-state index contributed by atoms with van der Waals surface area (Å²) in [6.45, 7) is 1.90. The monoisotopic (exact) mass is 403 g/mol. The van der Waals surface area contributed by atoms with Crippen LogP contribution in [0.2, 0.25) is 0 Å². The number of halogens is 2. The Morgan fingerprint density at radius 3 is 2.95 bits per heavy atom. The summed E-state index contributed by atoms with van der Waals surface area (Å²) in [6.07, 6.45) is 3.74. The number of anilines is 1. The summed E-state index contributed by atoms with van der Waals surface area (Å²) in [7, 11) is 0. The van der Waals surface area contributed by atoms with E-state index in [1.54, 1.807) is 0 Å². The molecule has 22 heavy (non-hydrogen) atoms. The van der Waals surface area contributed by atoms with E-state index in [1.165, 1.54) is 16.9 Å². The third kappa shape index (κ3) is 6.44. The van der Waals surface area contributed by atoms with E-state index in [0.717, 1.165) is 15.8 Å². The minimum Gasteiger partial charge on any atom is -0.328 e. The summed E-state index contributed by atoms with van der Waals surface area (Å²) >= 11 is 4.97. The lowest BCUT2D eigenvalue weighted by Crippen LogP contribution is -2.19. The molecule has 0 fully saturated rings. The summed E-state index contributed by atoms with van der Waals surface area (Å²) in [5.41, 5.74) is 6.85. The van der Waals surface area contributed by atoms with Crippen LogP contribution in [-0.4, -0.2) is 16.9 Å². The second-order valence-electron chi connectivity index (χ2n) is 5.00. The van der Waals surface area contributed by atoms with Gasteiger partial charge in [0.25, 0.3) is 0 Å². The molecule has 0 spiro atoms. The molecule has 1 aromatic heterocycles. The van der Waals surface area contributed by atoms with Gasteiger partial charge in [0, 0.05) is 34.4 Å². The summed E-state index contributed by atoms with van der Waals surface area (Å²) in [4.78, 5) is 17.1. The standard InChI is InChI=1S/C15H18BrN3OS.ClH/c1-10(17)5-6-14(20)19-15-18-9-13(21-15)8-11-3-2-4-12(16)7-11;/h2-4,7,9-10H,5-6,8,17H2,1H3,(H,18,19,20);1H. The molecule has 4 nitrogen and oxygen atoms in total. The van der Waals surface area contributed by atoms with E-state index in [9.17, 15) is 4.79 Å². The maximum absolute atomic E-state index is 11.7. The molecule has 1 heterocycles. The molecule has 1 amide bonds. The van der Waals surface area contributed by atoms with Gasteiger partial charge >= 0.3 is 0 Å². The topological polar surface area (TPSA) is 68.0 Å². The molecule has 0 radical (unpaired) electrons. The quantitative estimate of drug-likeness (QED) is 0.765. The van der Waals surface area contributed by atoms with E-state index in [-0.39, 0.29) is 24.4 Å². The van der Waals surface area contributed by atoms with Crippen molar-refractivity contribution in [2.75, 3.05) is 5.32 Å². The highest BCUT2D eigenvalue weighted by Crippen LogP contribution is 2.22. The normalized spacial score (nSPS) is 11.6. The average Bonchev–Trinajstić information content (AvgIpc) is 2.83. The van der Waals surface area contributed by atoms with Gasteiger partial charge in [0.15, 0.2) is 5.13 Å². The maximum atomic E-state index is 11.7. The van der Waals surface area contributed by atoms with Crippen LogP contribution in [0, 0.1) is 0 Å². The van der Waals surface area contributed by atoms with Gasteiger partial charge in [-0.05, 0) is 31.0 Å². The van der Waals surface area contributed by atoms with Crippen molar-refractivity contribution in [3.63, 3.8) is 0 Å². The van der Waals surface area contributed by atoms with Crippen LogP contribution in [-0.2, 0) is 11.2 Å². The number of benzene rings is 1. The summed E-state index contributed by atoms with van der Waals surface area (Å²) in [6, 6.07) is 8.21. The number of nitrogens with zero attached hydrogens (tertiary/aromatic N) is 1. The minimum atomic E-state index is -0.0318. The number of nitrogens with one attached hydrogen (secondary N) is 1. The van der Waals surface area contributed by atoms with Gasteiger partial charge in [0.1, 0.15) is 0 Å². The molecule has 1 aromatic carbocycles. The number of carbonyl (C=O) groups excluding carboxylic acids is 1. The highest BCUT2D eigenvalue weighted by atomic mass is 79.9. The van der Waals surface area contributed by atoms with Gasteiger partial charge in [-0.3, -0.25) is 4.79 Å². The Balaban J connectivity index is 0.00000242. The molecular weight excluding hydrogens is 386 g/mol. The van der Waals surface area contributed by atoms with Crippen LogP contribution in [0.1, 0.15) is 30.2 Å². The second kappa shape index (κ2) is 9.25. The van der Waals surface area contributed by atoms with Crippen LogP contribution in [0.5, 0.6) is 0 Å². The third-order valence-electron chi connectivity index (χ3n) is 2.89. The van der Waals surface area contributed by atoms with Crippen LogP contribution >= 0.6 is 39.7 Å². The van der Waals surface area contributed by atoms with Crippen LogP contribution in [0.3, 0.4) is 0 Å². The van der Waals surface area contributed by atoms with E-state index in [0.29, 0.717) is 18.0 Å². The van der Waals surface area contributed by atoms with E-state index < -0.39 is 0 Å². The Kier molecular flexibility index (Phi) is 8.03. The van der Waals surface area contributed by atoms with Crippen LogP contribution in [0.4, 0.5) is 5.13 Å². The van der Waals surface area contributed by atoms with Crippen molar-refractivity contribution in [1.29, 1.82) is 0 Å². The fourth-order valence-corrected chi connectivity index (χ4v) is 3.15. The van der Waals surface area contributed by atoms with Crippen LogP contribution in [0.15, 0.2) is 34.9 Å². The molecule has 120 valence electrons. The molecule has 2 rings (SSSR count). The SMILES string of the molecule is CC(N)CCC(=O)Nc1ncc(Cc2cccc(Br)c2)s1.Cl. The molecule has 3 N–H and O–H groups in total. The number of amides is 1. The first-order chi connectivity index (χ1) is 10.0. The second-order valence-corrected chi connectivity index (χ2v) is 7.03. The fourth-order valence-electron chi connectivity index (χ4n) is 1.84. The van der Waals surface area contributed by atoms with Crippen molar-refractivity contribution in [2.45, 2.75) is 32.2 Å². The number of hydrogen-bond donors (Lipinski definition) is 2. The highest BCUT2D eigenvalue weighted by molar-refractivity contribution is 9.10. The predicted octanol–water partition coefficient (Wildman–Crippen LogP) is 3.98. The summed E-state index contributed by atoms with van der Waals surface area (Å²) in [5.74, 6) is -0.0318. The number of carbonyl (C=O) groups is 1. The van der Waals surface area contributed by atoms with Crippen molar-refractivity contribution in [3.05, 3.63) is 45.4 Å². The van der Waals surface area contributed by atoms with Gasteiger partial charge in [-0.25, -0.2) is 4.98 Å². The minimum absolute atomic E-state index is 0. The van der Waals surface area contributed by atoms with Gasteiger partial charge in [0.2, 0.25) is 5.91 Å². The molecule has 0 saturated heterocycles. The molecule has 0 saturated carbocycles. The highest BCUT2D eigenvalue weighted by Gasteiger charge is 2.08. The Bertz CT molecular complexity index is 618. The molecule has 7 heteroatoms. The van der Waals surface area contributed by atoms with E-state index in [4.69, 9.17) is 5.73 Å². The first kappa shape index (κ1) is 19.1. The zero-order valence-electron chi connectivity index (χ0n) is 12.2.